The number of nitrogens with zero attached hydrogens (tertiary/aromatic N) is 2. The molecular formula is C13H15N3O2. The van der Waals surface area contributed by atoms with Gasteiger partial charge in [-0.25, -0.2) is 0 Å². The molecule has 0 aliphatic heterocycles. The molecule has 1 heterocycles. The number of aromatic hydroxyl groups is 1. The van der Waals surface area contributed by atoms with E-state index in [0.717, 1.165) is 18.4 Å². The molecule has 3 rings (SSSR count). The predicted octanol–water partition coefficient (Wildman–Crippen LogP) is 1.78. The van der Waals surface area contributed by atoms with Gasteiger partial charge in [0.05, 0.1) is 6.04 Å². The van der Waals surface area contributed by atoms with Gasteiger partial charge in [0, 0.05) is 6.42 Å². The summed E-state index contributed by atoms with van der Waals surface area (Å²) >= 11 is 0. The molecule has 5 heteroatoms. The van der Waals surface area contributed by atoms with Crippen molar-refractivity contribution in [1.29, 1.82) is 0 Å². The first-order valence-electron chi connectivity index (χ1n) is 6.08. The van der Waals surface area contributed by atoms with Crippen molar-refractivity contribution in [3.63, 3.8) is 0 Å². The van der Waals surface area contributed by atoms with Crippen molar-refractivity contribution in [2.75, 3.05) is 0 Å². The first-order chi connectivity index (χ1) is 8.72. The molecule has 5 nitrogen and oxygen atoms in total. The molecule has 3 N–H and O–H groups in total. The van der Waals surface area contributed by atoms with Gasteiger partial charge in [-0.05, 0) is 36.5 Å². The zero-order valence-electron chi connectivity index (χ0n) is 9.91. The van der Waals surface area contributed by atoms with Gasteiger partial charge in [-0.3, -0.25) is 0 Å². The number of rotatable bonds is 4. The zero-order chi connectivity index (χ0) is 12.5. The molecule has 1 atom stereocenters. The monoisotopic (exact) mass is 245 g/mol. The van der Waals surface area contributed by atoms with E-state index in [1.807, 2.05) is 12.1 Å². The first kappa shape index (κ1) is 11.2. The van der Waals surface area contributed by atoms with Gasteiger partial charge in [0.25, 0.3) is 0 Å². The van der Waals surface area contributed by atoms with E-state index in [1.165, 1.54) is 0 Å². The third-order valence-electron chi connectivity index (χ3n) is 3.20. The predicted molar refractivity (Wildman–Crippen MR) is 64.9 cm³/mol. The second-order valence-electron chi connectivity index (χ2n) is 4.76. The highest BCUT2D eigenvalue weighted by Crippen LogP contribution is 2.38. The van der Waals surface area contributed by atoms with Crippen LogP contribution in [0.3, 0.4) is 0 Å². The third kappa shape index (κ3) is 2.36. The Morgan fingerprint density at radius 3 is 2.72 bits per heavy atom. The Morgan fingerprint density at radius 1 is 1.33 bits per heavy atom. The van der Waals surface area contributed by atoms with Gasteiger partial charge in [-0.1, -0.05) is 17.3 Å². The molecule has 1 fully saturated rings. The van der Waals surface area contributed by atoms with E-state index >= 15 is 0 Å². The van der Waals surface area contributed by atoms with E-state index in [9.17, 15) is 5.11 Å². The lowest BCUT2D eigenvalue weighted by Gasteiger charge is -2.01. The highest BCUT2D eigenvalue weighted by molar-refractivity contribution is 5.27. The Kier molecular flexibility index (Phi) is 2.76. The Labute approximate surface area is 105 Å². The fourth-order valence-electron chi connectivity index (χ4n) is 1.93. The van der Waals surface area contributed by atoms with E-state index in [-0.39, 0.29) is 11.8 Å². The maximum absolute atomic E-state index is 9.20. The topological polar surface area (TPSA) is 85.2 Å². The molecule has 0 spiro atoms. The van der Waals surface area contributed by atoms with E-state index in [0.29, 0.717) is 24.1 Å². The minimum atomic E-state index is -0.119. The van der Waals surface area contributed by atoms with Crippen LogP contribution in [-0.2, 0) is 6.42 Å². The summed E-state index contributed by atoms with van der Waals surface area (Å²) in [6, 6.07) is 6.85. The van der Waals surface area contributed by atoms with Crippen LogP contribution in [0.15, 0.2) is 28.8 Å². The summed E-state index contributed by atoms with van der Waals surface area (Å²) in [5, 5.41) is 13.1. The van der Waals surface area contributed by atoms with Crippen molar-refractivity contribution in [1.82, 2.24) is 10.1 Å². The Hall–Kier alpha value is -1.88. The van der Waals surface area contributed by atoms with E-state index < -0.39 is 0 Å². The summed E-state index contributed by atoms with van der Waals surface area (Å²) in [4.78, 5) is 4.32. The molecule has 0 radical (unpaired) electrons. The number of phenolic OH excluding ortho intramolecular Hbond substituents is 1. The molecule has 1 aliphatic rings. The molecule has 1 aromatic carbocycles. The first-order valence-corrected chi connectivity index (χ1v) is 6.08. The van der Waals surface area contributed by atoms with Gasteiger partial charge in [-0.2, -0.15) is 4.98 Å². The molecule has 94 valence electrons. The van der Waals surface area contributed by atoms with Gasteiger partial charge in [0.1, 0.15) is 5.75 Å². The van der Waals surface area contributed by atoms with Gasteiger partial charge in [-0.15, -0.1) is 0 Å². The van der Waals surface area contributed by atoms with Gasteiger partial charge >= 0.3 is 0 Å². The number of phenols is 1. The largest absolute Gasteiger partial charge is 0.508 e. The van der Waals surface area contributed by atoms with Crippen LogP contribution in [0.2, 0.25) is 0 Å². The van der Waals surface area contributed by atoms with E-state index in [1.54, 1.807) is 12.1 Å². The molecule has 18 heavy (non-hydrogen) atoms. The van der Waals surface area contributed by atoms with Crippen LogP contribution in [0.5, 0.6) is 5.75 Å². The zero-order valence-corrected chi connectivity index (χ0v) is 9.91. The Balaban J connectivity index is 1.71. The van der Waals surface area contributed by atoms with Gasteiger partial charge in [0.15, 0.2) is 5.82 Å². The molecule has 1 unspecified atom stereocenters. The summed E-state index contributed by atoms with van der Waals surface area (Å²) < 4.78 is 5.19. The van der Waals surface area contributed by atoms with Crippen LogP contribution in [0.25, 0.3) is 0 Å². The van der Waals surface area contributed by atoms with Crippen LogP contribution in [0.4, 0.5) is 0 Å². The fraction of sp³-hybridized carbons (Fsp3) is 0.385. The molecule has 1 aromatic heterocycles. The van der Waals surface area contributed by atoms with Crippen molar-refractivity contribution < 1.29 is 9.63 Å². The van der Waals surface area contributed by atoms with Gasteiger partial charge in [0.2, 0.25) is 5.89 Å². The number of benzene rings is 1. The van der Waals surface area contributed by atoms with E-state index in [2.05, 4.69) is 10.1 Å². The van der Waals surface area contributed by atoms with Crippen LogP contribution in [-0.4, -0.2) is 15.2 Å². The smallest absolute Gasteiger partial charge is 0.243 e. The van der Waals surface area contributed by atoms with Crippen molar-refractivity contribution in [3.8, 4) is 5.75 Å². The summed E-state index contributed by atoms with van der Waals surface area (Å²) in [7, 11) is 0. The lowest BCUT2D eigenvalue weighted by Crippen LogP contribution is -2.12. The third-order valence-corrected chi connectivity index (χ3v) is 3.20. The summed E-state index contributed by atoms with van der Waals surface area (Å²) in [5.41, 5.74) is 7.03. The summed E-state index contributed by atoms with van der Waals surface area (Å²) in [6.07, 6.45) is 2.88. The molecule has 1 saturated carbocycles. The average Bonchev–Trinajstić information content (AvgIpc) is 3.12. The quantitative estimate of drug-likeness (QED) is 0.857. The lowest BCUT2D eigenvalue weighted by molar-refractivity contribution is 0.340. The minimum Gasteiger partial charge on any atom is -0.508 e. The number of aromatic nitrogens is 2. The molecule has 0 bridgehead atoms. The normalized spacial score (nSPS) is 16.7. The minimum absolute atomic E-state index is 0.119. The lowest BCUT2D eigenvalue weighted by atomic mass is 10.1. The van der Waals surface area contributed by atoms with Crippen molar-refractivity contribution in [2.45, 2.75) is 25.3 Å². The highest BCUT2D eigenvalue weighted by atomic mass is 16.5. The van der Waals surface area contributed by atoms with E-state index in [4.69, 9.17) is 10.3 Å². The molecule has 2 aromatic rings. The van der Waals surface area contributed by atoms with Crippen LogP contribution < -0.4 is 5.73 Å². The maximum Gasteiger partial charge on any atom is 0.243 e. The summed E-state index contributed by atoms with van der Waals surface area (Å²) in [5.74, 6) is 1.92. The van der Waals surface area contributed by atoms with Crippen molar-refractivity contribution in [2.24, 2.45) is 11.7 Å². The Bertz CT molecular complexity index is 531. The molecule has 0 amide bonds. The molecule has 0 saturated heterocycles. The molecule has 1 aliphatic carbocycles. The SMILES string of the molecule is NC(c1nc(Cc2ccc(O)cc2)no1)C1CC1. The van der Waals surface area contributed by atoms with Crippen LogP contribution in [0.1, 0.15) is 36.2 Å². The number of hydrogen-bond acceptors (Lipinski definition) is 5. The standard InChI is InChI=1S/C13H15N3O2/c14-12(9-3-4-9)13-15-11(16-18-13)7-8-1-5-10(17)6-2-8/h1-2,5-6,9,12,17H,3-4,7,14H2. The Morgan fingerprint density at radius 2 is 2.06 bits per heavy atom. The number of hydrogen-bond donors (Lipinski definition) is 2. The number of nitrogens with two attached hydrogens (primary N) is 1. The maximum atomic E-state index is 9.20. The van der Waals surface area contributed by atoms with Crippen molar-refractivity contribution in [3.05, 3.63) is 41.5 Å². The molecular weight excluding hydrogens is 230 g/mol. The fourth-order valence-corrected chi connectivity index (χ4v) is 1.93. The highest BCUT2D eigenvalue weighted by Gasteiger charge is 2.33. The second-order valence-corrected chi connectivity index (χ2v) is 4.76. The average molecular weight is 245 g/mol. The van der Waals surface area contributed by atoms with Crippen molar-refractivity contribution >= 4 is 0 Å². The second kappa shape index (κ2) is 4.42. The van der Waals surface area contributed by atoms with Crippen LogP contribution in [0, 0.1) is 5.92 Å². The van der Waals surface area contributed by atoms with Gasteiger partial charge < -0.3 is 15.4 Å². The summed E-state index contributed by atoms with van der Waals surface area (Å²) in [6.45, 7) is 0. The van der Waals surface area contributed by atoms with Crippen LogP contribution >= 0.6 is 0 Å².